The number of nitrogens with two attached hydrogens (primary N) is 1. The Morgan fingerprint density at radius 3 is 2.55 bits per heavy atom. The molecule has 0 aromatic heterocycles. The quantitative estimate of drug-likeness (QED) is 0.506. The number of hydrogen-bond acceptors (Lipinski definition) is 2. The van der Waals surface area contributed by atoms with Crippen molar-refractivity contribution in [1.82, 2.24) is 0 Å². The monoisotopic (exact) mass is 305 g/mol. The highest BCUT2D eigenvalue weighted by Crippen LogP contribution is 2.41. The molecule has 110 valence electrons. The van der Waals surface area contributed by atoms with Crippen LogP contribution in [0.2, 0.25) is 5.02 Å². The summed E-state index contributed by atoms with van der Waals surface area (Å²) in [5, 5.41) is 10.0. The smallest absolute Gasteiger partial charge is 0.398 e. The van der Waals surface area contributed by atoms with E-state index in [0.717, 1.165) is 12.5 Å². The van der Waals surface area contributed by atoms with Crippen molar-refractivity contribution in [3.8, 4) is 11.8 Å². The van der Waals surface area contributed by atoms with Gasteiger partial charge in [0.1, 0.15) is 0 Å². The Balaban J connectivity index is 3.30. The molecule has 20 heavy (non-hydrogen) atoms. The first-order valence-electron chi connectivity index (χ1n) is 6.07. The molecule has 0 heterocycles. The van der Waals surface area contributed by atoms with Crippen LogP contribution in [0, 0.1) is 11.8 Å². The van der Waals surface area contributed by atoms with Crippen LogP contribution >= 0.6 is 11.6 Å². The van der Waals surface area contributed by atoms with Crippen LogP contribution < -0.4 is 5.73 Å². The van der Waals surface area contributed by atoms with Gasteiger partial charge in [-0.3, -0.25) is 0 Å². The minimum Gasteiger partial charge on any atom is -0.398 e. The molecule has 3 N–H and O–H groups in total. The third kappa shape index (κ3) is 3.59. The maximum Gasteiger partial charge on any atom is 0.433 e. The van der Waals surface area contributed by atoms with Gasteiger partial charge in [-0.2, -0.15) is 13.2 Å². The van der Waals surface area contributed by atoms with Crippen molar-refractivity contribution in [3.05, 3.63) is 28.8 Å². The maximum absolute atomic E-state index is 13.2. The number of alkyl halides is 3. The summed E-state index contributed by atoms with van der Waals surface area (Å²) in [5.74, 6) is 4.26. The minimum absolute atomic E-state index is 0.0484. The Morgan fingerprint density at radius 1 is 1.35 bits per heavy atom. The van der Waals surface area contributed by atoms with Gasteiger partial charge < -0.3 is 10.8 Å². The van der Waals surface area contributed by atoms with Gasteiger partial charge in [-0.15, -0.1) is 0 Å². The highest BCUT2D eigenvalue weighted by Gasteiger charge is 2.55. The summed E-state index contributed by atoms with van der Waals surface area (Å²) in [4.78, 5) is 0. The molecule has 1 aromatic carbocycles. The zero-order valence-electron chi connectivity index (χ0n) is 10.9. The van der Waals surface area contributed by atoms with Gasteiger partial charge in [-0.1, -0.05) is 36.8 Å². The fourth-order valence-corrected chi connectivity index (χ4v) is 1.76. The summed E-state index contributed by atoms with van der Waals surface area (Å²) >= 11 is 5.67. The van der Waals surface area contributed by atoms with Gasteiger partial charge >= 0.3 is 6.18 Å². The number of unbranched alkanes of at least 4 members (excludes halogenated alkanes) is 2. The van der Waals surface area contributed by atoms with Crippen LogP contribution in [0.5, 0.6) is 0 Å². The average Bonchev–Trinajstić information content (AvgIpc) is 2.36. The van der Waals surface area contributed by atoms with Crippen molar-refractivity contribution in [2.45, 2.75) is 38.0 Å². The lowest BCUT2D eigenvalue weighted by Crippen LogP contribution is -2.41. The fraction of sp³-hybridized carbons (Fsp3) is 0.429. The van der Waals surface area contributed by atoms with Crippen molar-refractivity contribution < 1.29 is 18.3 Å². The van der Waals surface area contributed by atoms with E-state index in [1.807, 2.05) is 12.8 Å². The second-order valence-electron chi connectivity index (χ2n) is 4.35. The second-order valence-corrected chi connectivity index (χ2v) is 4.78. The summed E-state index contributed by atoms with van der Waals surface area (Å²) in [7, 11) is 0. The molecule has 0 amide bonds. The number of benzene rings is 1. The molecule has 0 fully saturated rings. The SMILES string of the molecule is CCCCC#CC(O)(c1cc(Cl)ccc1N)C(F)(F)F. The summed E-state index contributed by atoms with van der Waals surface area (Å²) < 4.78 is 39.5. The van der Waals surface area contributed by atoms with Gasteiger partial charge in [0.25, 0.3) is 0 Å². The summed E-state index contributed by atoms with van der Waals surface area (Å²) in [6, 6.07) is 3.54. The van der Waals surface area contributed by atoms with E-state index in [9.17, 15) is 18.3 Å². The van der Waals surface area contributed by atoms with Gasteiger partial charge in [0, 0.05) is 22.7 Å². The third-order valence-corrected chi connectivity index (χ3v) is 2.98. The first-order chi connectivity index (χ1) is 9.22. The molecule has 1 atom stereocenters. The van der Waals surface area contributed by atoms with E-state index < -0.39 is 17.3 Å². The topological polar surface area (TPSA) is 46.2 Å². The normalized spacial score (nSPS) is 14.3. The first kappa shape index (κ1) is 16.7. The molecule has 1 rings (SSSR count). The lowest BCUT2D eigenvalue weighted by Gasteiger charge is -2.27. The predicted molar refractivity (Wildman–Crippen MR) is 73.1 cm³/mol. The van der Waals surface area contributed by atoms with Crippen LogP contribution in [-0.2, 0) is 5.60 Å². The van der Waals surface area contributed by atoms with E-state index in [-0.39, 0.29) is 17.1 Å². The average molecular weight is 306 g/mol. The zero-order chi connectivity index (χ0) is 15.4. The van der Waals surface area contributed by atoms with Gasteiger partial charge in [-0.05, 0) is 24.6 Å². The van der Waals surface area contributed by atoms with Crippen LogP contribution in [0.3, 0.4) is 0 Å². The Hall–Kier alpha value is -1.38. The molecule has 0 saturated carbocycles. The minimum atomic E-state index is -4.97. The molecule has 0 spiro atoms. The fourth-order valence-electron chi connectivity index (χ4n) is 1.59. The molecule has 1 unspecified atom stereocenters. The lowest BCUT2D eigenvalue weighted by molar-refractivity contribution is -0.240. The number of halogens is 4. The van der Waals surface area contributed by atoms with Crippen LogP contribution in [0.15, 0.2) is 18.2 Å². The molecule has 0 aliphatic carbocycles. The van der Waals surface area contributed by atoms with Gasteiger partial charge in [0.05, 0.1) is 0 Å². The van der Waals surface area contributed by atoms with E-state index >= 15 is 0 Å². The lowest BCUT2D eigenvalue weighted by atomic mass is 9.92. The molecule has 0 bridgehead atoms. The van der Waals surface area contributed by atoms with E-state index in [0.29, 0.717) is 6.42 Å². The second kappa shape index (κ2) is 6.38. The van der Waals surface area contributed by atoms with Crippen molar-refractivity contribution in [2.75, 3.05) is 5.73 Å². The van der Waals surface area contributed by atoms with E-state index in [4.69, 9.17) is 17.3 Å². The number of anilines is 1. The molecule has 0 radical (unpaired) electrons. The van der Waals surface area contributed by atoms with Crippen LogP contribution in [0.4, 0.5) is 18.9 Å². The number of nitrogen functional groups attached to an aromatic ring is 1. The number of hydrogen-bond donors (Lipinski definition) is 2. The zero-order valence-corrected chi connectivity index (χ0v) is 11.6. The molecule has 0 saturated heterocycles. The molecular weight excluding hydrogens is 291 g/mol. The van der Waals surface area contributed by atoms with E-state index in [1.165, 1.54) is 12.1 Å². The number of rotatable bonds is 3. The Bertz CT molecular complexity index is 533. The Kier molecular flexibility index (Phi) is 5.32. The molecule has 1 aromatic rings. The number of aliphatic hydroxyl groups is 1. The van der Waals surface area contributed by atoms with Crippen LogP contribution in [0.25, 0.3) is 0 Å². The van der Waals surface area contributed by atoms with Crippen molar-refractivity contribution in [3.63, 3.8) is 0 Å². The molecular formula is C14H15ClF3NO. The van der Waals surface area contributed by atoms with Gasteiger partial charge in [0.15, 0.2) is 0 Å². The molecule has 0 aliphatic heterocycles. The van der Waals surface area contributed by atoms with Gasteiger partial charge in [-0.25, -0.2) is 0 Å². The molecule has 0 aliphatic rings. The Morgan fingerprint density at radius 2 is 2.00 bits per heavy atom. The summed E-state index contributed by atoms with van der Waals surface area (Å²) in [5.41, 5.74) is 1.46. The first-order valence-corrected chi connectivity index (χ1v) is 6.44. The predicted octanol–water partition coefficient (Wildman–Crippen LogP) is 3.87. The van der Waals surface area contributed by atoms with Crippen molar-refractivity contribution >= 4 is 17.3 Å². The maximum atomic E-state index is 13.2. The standard InChI is InChI=1S/C14H15ClF3NO/c1-2-3-4-5-8-13(20,14(16,17)18)11-9-10(15)6-7-12(11)19/h6-7,9,20H,2-4,19H2,1H3. The van der Waals surface area contributed by atoms with Crippen molar-refractivity contribution in [2.24, 2.45) is 0 Å². The highest BCUT2D eigenvalue weighted by atomic mass is 35.5. The molecule has 6 heteroatoms. The summed E-state index contributed by atoms with van der Waals surface area (Å²) in [6.07, 6.45) is -3.23. The van der Waals surface area contributed by atoms with Crippen LogP contribution in [-0.4, -0.2) is 11.3 Å². The van der Waals surface area contributed by atoms with Crippen molar-refractivity contribution in [1.29, 1.82) is 0 Å². The van der Waals surface area contributed by atoms with E-state index in [2.05, 4.69) is 5.92 Å². The largest absolute Gasteiger partial charge is 0.433 e. The highest BCUT2D eigenvalue weighted by molar-refractivity contribution is 6.30. The summed E-state index contributed by atoms with van der Waals surface area (Å²) in [6.45, 7) is 1.90. The third-order valence-electron chi connectivity index (χ3n) is 2.74. The van der Waals surface area contributed by atoms with E-state index in [1.54, 1.807) is 0 Å². The molecule has 2 nitrogen and oxygen atoms in total. The Labute approximate surface area is 120 Å². The van der Waals surface area contributed by atoms with Gasteiger partial charge in [0.2, 0.25) is 5.60 Å². The van der Waals surface area contributed by atoms with Crippen LogP contribution in [0.1, 0.15) is 31.7 Å².